The number of nitrogens with zero attached hydrogens (tertiary/aromatic N) is 2. The number of ketones is 1. The topological polar surface area (TPSA) is 132 Å². The number of methoxy groups -OCH3 is 1. The first-order chi connectivity index (χ1) is 22.6. The molecular formula is C36H47N3O8. The van der Waals surface area contributed by atoms with E-state index in [0.29, 0.717) is 87.5 Å². The van der Waals surface area contributed by atoms with Gasteiger partial charge in [0.25, 0.3) is 5.91 Å². The molecule has 254 valence electrons. The number of Topliss-reactive ketones (excluding diaryl/α,β-unsaturated/α-hetero) is 1. The van der Waals surface area contributed by atoms with Crippen molar-refractivity contribution in [3.8, 4) is 5.75 Å². The monoisotopic (exact) mass is 649 g/mol. The Hall–Kier alpha value is -4.09. The molecule has 0 aromatic heterocycles. The zero-order valence-electron chi connectivity index (χ0n) is 27.9. The number of aryl methyl sites for hydroxylation is 1. The van der Waals surface area contributed by atoms with E-state index in [9.17, 15) is 24.0 Å². The van der Waals surface area contributed by atoms with E-state index in [1.807, 2.05) is 24.0 Å². The minimum atomic E-state index is -0.876. The van der Waals surface area contributed by atoms with E-state index in [0.717, 1.165) is 18.3 Å². The normalized spacial score (nSPS) is 17.8. The van der Waals surface area contributed by atoms with Crippen LogP contribution in [0, 0.1) is 5.41 Å². The Morgan fingerprint density at radius 2 is 1.83 bits per heavy atom. The smallest absolute Gasteiger partial charge is 0.329 e. The van der Waals surface area contributed by atoms with Crippen LogP contribution in [-0.2, 0) is 35.1 Å². The van der Waals surface area contributed by atoms with Crippen molar-refractivity contribution in [3.05, 3.63) is 59.2 Å². The Morgan fingerprint density at radius 3 is 2.53 bits per heavy atom. The third kappa shape index (κ3) is 9.48. The molecule has 1 N–H and O–H groups in total. The number of likely N-dealkylation sites (tertiary alicyclic amines) is 1. The fourth-order valence-corrected chi connectivity index (χ4v) is 5.80. The van der Waals surface area contributed by atoms with Gasteiger partial charge in [-0.1, -0.05) is 39.0 Å². The predicted octanol–water partition coefficient (Wildman–Crippen LogP) is 4.38. The number of hydrogen-bond acceptors (Lipinski definition) is 9. The molecule has 2 aromatic rings. The lowest BCUT2D eigenvalue weighted by Gasteiger charge is -2.36. The number of piperidine rings is 1. The third-order valence-electron chi connectivity index (χ3n) is 9.12. The number of nitrogens with one attached hydrogen (secondary N) is 1. The van der Waals surface area contributed by atoms with Crippen molar-refractivity contribution in [1.29, 1.82) is 0 Å². The summed E-state index contributed by atoms with van der Waals surface area (Å²) in [7, 11) is 1.50. The Kier molecular flexibility index (Phi) is 12.7. The highest BCUT2D eigenvalue weighted by Gasteiger charge is 2.41. The molecule has 2 saturated heterocycles. The summed E-state index contributed by atoms with van der Waals surface area (Å²) in [6, 6.07) is 11.6. The number of carbonyl (C=O) groups excluding carboxylic acids is 5. The van der Waals surface area contributed by atoms with Crippen molar-refractivity contribution < 1.29 is 38.2 Å². The number of amides is 2. The highest BCUT2D eigenvalue weighted by Crippen LogP contribution is 2.31. The summed E-state index contributed by atoms with van der Waals surface area (Å²) in [4.78, 5) is 68.0. The van der Waals surface area contributed by atoms with Crippen molar-refractivity contribution in [2.75, 3.05) is 51.8 Å². The van der Waals surface area contributed by atoms with Crippen LogP contribution in [0.4, 0.5) is 5.69 Å². The summed E-state index contributed by atoms with van der Waals surface area (Å²) >= 11 is 0. The molecule has 2 aliphatic rings. The van der Waals surface area contributed by atoms with Gasteiger partial charge in [-0.2, -0.15) is 0 Å². The zero-order valence-corrected chi connectivity index (χ0v) is 27.9. The molecule has 4 rings (SSSR count). The van der Waals surface area contributed by atoms with Gasteiger partial charge in [-0.25, -0.2) is 4.79 Å². The van der Waals surface area contributed by atoms with Crippen LogP contribution in [0.25, 0.3) is 0 Å². The van der Waals surface area contributed by atoms with Crippen molar-refractivity contribution in [1.82, 2.24) is 9.80 Å². The molecule has 0 aliphatic carbocycles. The lowest BCUT2D eigenvalue weighted by molar-refractivity contribution is -0.164. The average molecular weight is 650 g/mol. The van der Waals surface area contributed by atoms with E-state index in [1.165, 1.54) is 12.0 Å². The van der Waals surface area contributed by atoms with Crippen LogP contribution < -0.4 is 10.1 Å². The minimum absolute atomic E-state index is 0.156. The summed E-state index contributed by atoms with van der Waals surface area (Å²) in [6.07, 6.45) is 3.20. The van der Waals surface area contributed by atoms with E-state index >= 15 is 0 Å². The lowest BCUT2D eigenvalue weighted by atomic mass is 9.84. The van der Waals surface area contributed by atoms with Gasteiger partial charge in [0.05, 0.1) is 32.4 Å². The van der Waals surface area contributed by atoms with Crippen LogP contribution in [0.15, 0.2) is 42.5 Å². The maximum atomic E-state index is 13.8. The molecule has 2 atom stereocenters. The molecule has 0 saturated carbocycles. The lowest BCUT2D eigenvalue weighted by Crippen LogP contribution is -2.53. The van der Waals surface area contributed by atoms with Crippen LogP contribution in [0.1, 0.15) is 80.5 Å². The van der Waals surface area contributed by atoms with E-state index in [4.69, 9.17) is 14.2 Å². The number of hydrogen-bond donors (Lipinski definition) is 1. The van der Waals surface area contributed by atoms with Crippen LogP contribution >= 0.6 is 0 Å². The van der Waals surface area contributed by atoms with Gasteiger partial charge >= 0.3 is 5.97 Å². The van der Waals surface area contributed by atoms with Crippen molar-refractivity contribution >= 4 is 35.5 Å². The number of esters is 1. The molecule has 2 heterocycles. The molecule has 2 fully saturated rings. The van der Waals surface area contributed by atoms with Crippen molar-refractivity contribution in [2.45, 2.75) is 71.4 Å². The highest BCUT2D eigenvalue weighted by atomic mass is 16.5. The molecular weight excluding hydrogens is 602 g/mol. The van der Waals surface area contributed by atoms with E-state index in [-0.39, 0.29) is 12.5 Å². The van der Waals surface area contributed by atoms with E-state index < -0.39 is 35.2 Å². The van der Waals surface area contributed by atoms with Gasteiger partial charge in [0, 0.05) is 30.7 Å². The number of anilines is 1. The SMILES string of the molecule is CCC(C)(C)C(=O)C(=O)N1CCCC[C@H]1C(=O)O[C@H](CCc1ccc(C=O)c(OC)c1)c1cccc(NC(=O)CN2CCOCC2)c1. The maximum Gasteiger partial charge on any atom is 0.329 e. The molecule has 2 amide bonds. The van der Waals surface area contributed by atoms with Gasteiger partial charge in [-0.3, -0.25) is 24.1 Å². The first-order valence-electron chi connectivity index (χ1n) is 16.4. The van der Waals surface area contributed by atoms with Crippen LogP contribution in [0.5, 0.6) is 5.75 Å². The summed E-state index contributed by atoms with van der Waals surface area (Å²) in [5.74, 6) is -1.43. The summed E-state index contributed by atoms with van der Waals surface area (Å²) in [6.45, 7) is 8.44. The summed E-state index contributed by atoms with van der Waals surface area (Å²) < 4.78 is 16.9. The van der Waals surface area contributed by atoms with E-state index in [2.05, 4.69) is 5.32 Å². The molecule has 2 aromatic carbocycles. The second-order valence-electron chi connectivity index (χ2n) is 12.8. The predicted molar refractivity (Wildman–Crippen MR) is 176 cm³/mol. The van der Waals surface area contributed by atoms with Gasteiger partial charge in [0.15, 0.2) is 6.29 Å². The van der Waals surface area contributed by atoms with Crippen molar-refractivity contribution in [2.24, 2.45) is 5.41 Å². The van der Waals surface area contributed by atoms with Gasteiger partial charge in [0.2, 0.25) is 11.7 Å². The first kappa shape index (κ1) is 35.8. The van der Waals surface area contributed by atoms with Crippen LogP contribution in [0.3, 0.4) is 0 Å². The standard InChI is InChI=1S/C36H47N3O8/c1-5-36(2,3)33(42)34(43)39-16-7-6-11-29(39)35(44)47-30(15-13-25-12-14-27(24-40)31(21-25)45-4)26-9-8-10-28(22-26)37-32(41)23-38-17-19-46-20-18-38/h8-10,12,14,21-22,24,29-30H,5-7,11,13,15-20,23H2,1-4H3,(H,37,41)/t29-,30+/m0/s1. The summed E-state index contributed by atoms with van der Waals surface area (Å²) in [5.41, 5.74) is 1.73. The number of morpholine rings is 1. The second-order valence-corrected chi connectivity index (χ2v) is 12.8. The van der Waals surface area contributed by atoms with Gasteiger partial charge < -0.3 is 24.4 Å². The molecule has 0 spiro atoms. The molecule has 0 bridgehead atoms. The Morgan fingerprint density at radius 1 is 1.06 bits per heavy atom. The molecule has 2 aliphatic heterocycles. The van der Waals surface area contributed by atoms with Crippen LogP contribution in [0.2, 0.25) is 0 Å². The first-order valence-corrected chi connectivity index (χ1v) is 16.4. The van der Waals surface area contributed by atoms with Crippen LogP contribution in [-0.4, -0.2) is 92.2 Å². The quantitative estimate of drug-likeness (QED) is 0.180. The molecule has 0 radical (unpaired) electrons. The third-order valence-corrected chi connectivity index (χ3v) is 9.12. The average Bonchev–Trinajstić information content (AvgIpc) is 3.09. The Bertz CT molecular complexity index is 1440. The second kappa shape index (κ2) is 16.6. The van der Waals surface area contributed by atoms with Gasteiger partial charge in [0.1, 0.15) is 17.9 Å². The number of rotatable bonds is 14. The largest absolute Gasteiger partial charge is 0.496 e. The Balaban J connectivity index is 1.56. The fourth-order valence-electron chi connectivity index (χ4n) is 5.80. The maximum absolute atomic E-state index is 13.8. The van der Waals surface area contributed by atoms with Gasteiger partial charge in [-0.15, -0.1) is 0 Å². The Labute approximate surface area is 276 Å². The minimum Gasteiger partial charge on any atom is -0.496 e. The van der Waals surface area contributed by atoms with Crippen molar-refractivity contribution in [3.63, 3.8) is 0 Å². The fraction of sp³-hybridized carbons (Fsp3) is 0.528. The van der Waals surface area contributed by atoms with Gasteiger partial charge in [-0.05, 0) is 73.9 Å². The van der Waals surface area contributed by atoms with E-state index in [1.54, 1.807) is 44.2 Å². The zero-order chi connectivity index (χ0) is 34.0. The number of aldehydes is 1. The molecule has 47 heavy (non-hydrogen) atoms. The molecule has 11 nitrogen and oxygen atoms in total. The number of benzene rings is 2. The number of ether oxygens (including phenoxy) is 3. The number of carbonyl (C=O) groups is 5. The molecule has 0 unspecified atom stereocenters. The molecule has 11 heteroatoms. The highest BCUT2D eigenvalue weighted by molar-refractivity contribution is 6.38. The summed E-state index contributed by atoms with van der Waals surface area (Å²) in [5, 5.41) is 2.95.